The van der Waals surface area contributed by atoms with Crippen molar-refractivity contribution in [2.45, 2.75) is 79.1 Å². The molecule has 8 heteroatoms. The number of hydrogen-bond acceptors (Lipinski definition) is 4. The van der Waals surface area contributed by atoms with Gasteiger partial charge >= 0.3 is 0 Å². The second kappa shape index (κ2) is 15.7. The molecule has 2 aromatic heterocycles. The highest BCUT2D eigenvalue weighted by Gasteiger charge is 2.33. The van der Waals surface area contributed by atoms with Crippen molar-refractivity contribution < 1.29 is 17.9 Å². The third-order valence-corrected chi connectivity index (χ3v) is 12.1. The number of fused-ring (bicyclic) bond motifs is 4. The molecule has 314 valence electrons. The van der Waals surface area contributed by atoms with Crippen LogP contribution in [0.2, 0.25) is 0 Å². The predicted molar refractivity (Wildman–Crippen MR) is 249 cm³/mol. The van der Waals surface area contributed by atoms with E-state index in [4.69, 9.17) is 9.72 Å². The molecule has 62 heavy (non-hydrogen) atoms. The number of rotatable bonds is 9. The normalized spacial score (nSPS) is 13.0. The largest absolute Gasteiger partial charge is 0.457 e. The van der Waals surface area contributed by atoms with Crippen molar-refractivity contribution in [3.63, 3.8) is 0 Å². The Morgan fingerprint density at radius 2 is 1.31 bits per heavy atom. The van der Waals surface area contributed by atoms with E-state index in [1.807, 2.05) is 36.5 Å². The van der Waals surface area contributed by atoms with Crippen molar-refractivity contribution in [1.29, 1.82) is 0 Å². The lowest BCUT2D eigenvalue weighted by Crippen LogP contribution is -2.26. The van der Waals surface area contributed by atoms with Gasteiger partial charge in [0, 0.05) is 52.6 Å². The van der Waals surface area contributed by atoms with Gasteiger partial charge in [-0.2, -0.15) is 0 Å². The zero-order valence-electron chi connectivity index (χ0n) is 36.5. The van der Waals surface area contributed by atoms with Crippen molar-refractivity contribution in [2.75, 3.05) is 16.5 Å². The number of nitrogens with zero attached hydrogens (tertiary/aromatic N) is 4. The Balaban J connectivity index is 1.12. The van der Waals surface area contributed by atoms with E-state index in [-0.39, 0.29) is 22.8 Å². The van der Waals surface area contributed by atoms with E-state index in [1.54, 1.807) is 0 Å². The second-order valence-corrected chi connectivity index (χ2v) is 18.0. The first-order valence-electron chi connectivity index (χ1n) is 21.5. The molecule has 0 spiro atoms. The summed E-state index contributed by atoms with van der Waals surface area (Å²) in [4.78, 5) is 9.48. The van der Waals surface area contributed by atoms with Gasteiger partial charge < -0.3 is 14.5 Å². The number of para-hydroxylation sites is 3. The van der Waals surface area contributed by atoms with E-state index in [1.165, 1.54) is 5.56 Å². The first kappa shape index (κ1) is 40.8. The Labute approximate surface area is 362 Å². The summed E-state index contributed by atoms with van der Waals surface area (Å²) in [7, 11) is 0. The Hall–Kier alpha value is -6.54. The Bertz CT molecular complexity index is 2960. The number of halogens is 3. The topological polar surface area (TPSA) is 33.5 Å². The van der Waals surface area contributed by atoms with Crippen molar-refractivity contribution in [3.8, 4) is 28.4 Å². The molecular weight excluding hydrogens is 778 g/mol. The van der Waals surface area contributed by atoms with E-state index in [0.29, 0.717) is 18.0 Å². The maximum Gasteiger partial charge on any atom is 0.137 e. The summed E-state index contributed by atoms with van der Waals surface area (Å²) in [6.45, 7) is 17.7. The number of aryl methyl sites for hydroxylation is 1. The first-order chi connectivity index (χ1) is 29.7. The molecule has 0 aliphatic carbocycles. The fourth-order valence-corrected chi connectivity index (χ4v) is 8.93. The van der Waals surface area contributed by atoms with Crippen molar-refractivity contribution in [1.82, 2.24) is 9.55 Å². The summed E-state index contributed by atoms with van der Waals surface area (Å²) in [5.41, 5.74) is 10.5. The van der Waals surface area contributed by atoms with Crippen LogP contribution in [0.25, 0.3) is 38.8 Å². The van der Waals surface area contributed by atoms with Gasteiger partial charge in [-0.3, -0.25) is 4.57 Å². The summed E-state index contributed by atoms with van der Waals surface area (Å²) in [6.07, 6.45) is 2.70. The molecule has 0 bridgehead atoms. The fourth-order valence-electron chi connectivity index (χ4n) is 8.93. The molecule has 6 aromatic carbocycles. The lowest BCUT2D eigenvalue weighted by Gasteiger charge is -2.30. The van der Waals surface area contributed by atoms with Crippen LogP contribution in [0.4, 0.5) is 35.9 Å². The van der Waals surface area contributed by atoms with Crippen molar-refractivity contribution in [3.05, 3.63) is 167 Å². The standard InChI is InChI=1S/C54H51F3N4O/c1-9-34-22-38(29-40(23-34)62-39-18-19-42-41-14-10-11-15-47(41)61(50(42)30-39)51-26-36(20-21-58-51)54(6,7)8)59-31-60(49-17-13-12-16-48(49)59)53-43(32(2)3)24-35(25-44(53)33(4)5)52-45(56)27-37(55)28-46(52)57/h10-30,32-33H,9,31H2,1-8H3. The van der Waals surface area contributed by atoms with Crippen LogP contribution in [0.5, 0.6) is 11.5 Å². The molecular formula is C54H51F3N4O. The van der Waals surface area contributed by atoms with E-state index < -0.39 is 17.5 Å². The zero-order valence-corrected chi connectivity index (χ0v) is 36.5. The quantitative estimate of drug-likeness (QED) is 0.145. The molecule has 0 saturated carbocycles. The van der Waals surface area contributed by atoms with Gasteiger partial charge in [0.2, 0.25) is 0 Å². The van der Waals surface area contributed by atoms with Gasteiger partial charge in [-0.25, -0.2) is 18.2 Å². The molecule has 0 amide bonds. The molecule has 0 saturated heterocycles. The van der Waals surface area contributed by atoms with E-state index in [9.17, 15) is 4.39 Å². The molecule has 0 radical (unpaired) electrons. The molecule has 0 N–H and O–H groups in total. The highest BCUT2D eigenvalue weighted by atomic mass is 19.1. The van der Waals surface area contributed by atoms with Crippen LogP contribution >= 0.6 is 0 Å². The predicted octanol–water partition coefficient (Wildman–Crippen LogP) is 15.4. The number of aromatic nitrogens is 2. The third kappa shape index (κ3) is 7.25. The maximum absolute atomic E-state index is 15.3. The molecule has 9 rings (SSSR count). The van der Waals surface area contributed by atoms with E-state index in [0.717, 1.165) is 91.4 Å². The summed E-state index contributed by atoms with van der Waals surface area (Å²) < 4.78 is 53.6. The SMILES string of the molecule is CCc1cc(Oc2ccc3c4ccccc4n(-c4cc(C(C)(C)C)ccn4)c3c2)cc(N2CN(c3c(C(C)C)cc(-c4c(F)cc(F)cc4F)cc3C(C)C)c3ccccc32)c1. The molecule has 0 fully saturated rings. The fraction of sp³-hybridized carbons (Fsp3) is 0.241. The Morgan fingerprint density at radius 3 is 1.97 bits per heavy atom. The molecule has 1 aliphatic heterocycles. The minimum atomic E-state index is -0.941. The summed E-state index contributed by atoms with van der Waals surface area (Å²) in [5.74, 6) is -0.465. The van der Waals surface area contributed by atoms with Gasteiger partial charge in [0.15, 0.2) is 0 Å². The average Bonchev–Trinajstić information content (AvgIpc) is 3.78. The summed E-state index contributed by atoms with van der Waals surface area (Å²) in [6, 6.07) is 39.0. The van der Waals surface area contributed by atoms with Crippen LogP contribution in [-0.2, 0) is 11.8 Å². The van der Waals surface area contributed by atoms with Crippen LogP contribution < -0.4 is 14.5 Å². The third-order valence-electron chi connectivity index (χ3n) is 12.1. The number of pyridine rings is 1. The number of ether oxygens (including phenoxy) is 1. The highest BCUT2D eigenvalue weighted by Crippen LogP contribution is 2.50. The Kier molecular flexibility index (Phi) is 10.4. The van der Waals surface area contributed by atoms with Crippen molar-refractivity contribution >= 4 is 44.6 Å². The number of anilines is 4. The monoisotopic (exact) mass is 828 g/mol. The lowest BCUT2D eigenvalue weighted by atomic mass is 9.87. The van der Waals surface area contributed by atoms with Gasteiger partial charge in [0.05, 0.1) is 28.0 Å². The van der Waals surface area contributed by atoms with Gasteiger partial charge in [0.1, 0.15) is 41.4 Å². The van der Waals surface area contributed by atoms with Gasteiger partial charge in [-0.1, -0.05) is 85.7 Å². The van der Waals surface area contributed by atoms with Gasteiger partial charge in [0.25, 0.3) is 0 Å². The minimum Gasteiger partial charge on any atom is -0.457 e. The highest BCUT2D eigenvalue weighted by molar-refractivity contribution is 6.09. The summed E-state index contributed by atoms with van der Waals surface area (Å²) in [5, 5.41) is 2.27. The second-order valence-electron chi connectivity index (χ2n) is 18.0. The zero-order chi connectivity index (χ0) is 43.6. The van der Waals surface area contributed by atoms with Gasteiger partial charge in [-0.15, -0.1) is 0 Å². The molecule has 0 unspecified atom stereocenters. The van der Waals surface area contributed by atoms with Gasteiger partial charge in [-0.05, 0) is 118 Å². The van der Waals surface area contributed by atoms with Crippen LogP contribution in [0.1, 0.15) is 89.5 Å². The number of hydrogen-bond donors (Lipinski definition) is 0. The van der Waals surface area contributed by atoms with Crippen molar-refractivity contribution in [2.24, 2.45) is 0 Å². The Morgan fingerprint density at radius 1 is 0.661 bits per heavy atom. The van der Waals surface area contributed by atoms with Crippen LogP contribution in [-0.4, -0.2) is 16.2 Å². The number of benzene rings is 6. The smallest absolute Gasteiger partial charge is 0.137 e. The minimum absolute atomic E-state index is 0.00732. The van der Waals surface area contributed by atoms with E-state index in [2.05, 4.69) is 149 Å². The maximum atomic E-state index is 15.3. The molecule has 1 aliphatic rings. The van der Waals surface area contributed by atoms with Crippen LogP contribution in [0.3, 0.4) is 0 Å². The molecule has 0 atom stereocenters. The molecule has 5 nitrogen and oxygen atoms in total. The molecule has 8 aromatic rings. The molecule has 3 heterocycles. The van der Waals surface area contributed by atoms with E-state index >= 15 is 8.78 Å². The lowest BCUT2D eigenvalue weighted by molar-refractivity contribution is 0.482. The van der Waals surface area contributed by atoms with Crippen LogP contribution in [0, 0.1) is 17.5 Å². The average molecular weight is 829 g/mol. The summed E-state index contributed by atoms with van der Waals surface area (Å²) >= 11 is 0. The van der Waals surface area contributed by atoms with Crippen LogP contribution in [0.15, 0.2) is 128 Å². The first-order valence-corrected chi connectivity index (χ1v) is 21.5.